The van der Waals surface area contributed by atoms with Crippen LogP contribution in [0.4, 0.5) is 0 Å². The van der Waals surface area contributed by atoms with Gasteiger partial charge in [0.1, 0.15) is 0 Å². The molecule has 3 rings (SSSR count). The smallest absolute Gasteiger partial charge is 0.275 e. The van der Waals surface area contributed by atoms with Crippen molar-refractivity contribution in [2.75, 3.05) is 32.7 Å². The Morgan fingerprint density at radius 3 is 2.77 bits per heavy atom. The van der Waals surface area contributed by atoms with Crippen LogP contribution in [0.1, 0.15) is 23.8 Å². The van der Waals surface area contributed by atoms with E-state index < -0.39 is 0 Å². The number of hydrogen-bond donors (Lipinski definition) is 2. The quantitative estimate of drug-likeness (QED) is 0.887. The number of nitrogens with zero attached hydrogens (tertiary/aromatic N) is 3. The van der Waals surface area contributed by atoms with E-state index in [9.17, 15) is 9.90 Å². The number of aliphatic hydroxyl groups excluding tert-OH is 1. The van der Waals surface area contributed by atoms with Crippen molar-refractivity contribution in [1.82, 2.24) is 20.0 Å². The van der Waals surface area contributed by atoms with Gasteiger partial charge in [-0.1, -0.05) is 25.1 Å². The van der Waals surface area contributed by atoms with Gasteiger partial charge in [0, 0.05) is 38.1 Å². The second kappa shape index (κ2) is 6.46. The molecule has 0 saturated carbocycles. The Balaban J connectivity index is 1.65. The van der Waals surface area contributed by atoms with E-state index in [0.717, 1.165) is 30.4 Å². The molecule has 1 aliphatic rings. The van der Waals surface area contributed by atoms with Crippen molar-refractivity contribution in [2.24, 2.45) is 0 Å². The number of fused-ring (bicyclic) bond motifs is 1. The van der Waals surface area contributed by atoms with Crippen molar-refractivity contribution in [3.05, 3.63) is 30.0 Å². The Morgan fingerprint density at radius 2 is 2.05 bits per heavy atom. The highest BCUT2D eigenvalue weighted by atomic mass is 16.3. The van der Waals surface area contributed by atoms with Gasteiger partial charge < -0.3 is 10.0 Å². The lowest BCUT2D eigenvalue weighted by Crippen LogP contribution is -2.50. The summed E-state index contributed by atoms with van der Waals surface area (Å²) in [5, 5.41) is 17.7. The second-order valence-corrected chi connectivity index (χ2v) is 5.77. The van der Waals surface area contributed by atoms with Crippen LogP contribution in [-0.2, 0) is 0 Å². The molecule has 6 heteroatoms. The number of aliphatic hydroxyl groups is 1. The number of hydrogen-bond acceptors (Lipinski definition) is 4. The van der Waals surface area contributed by atoms with Crippen molar-refractivity contribution in [3.8, 4) is 0 Å². The van der Waals surface area contributed by atoms with E-state index in [2.05, 4.69) is 15.1 Å². The summed E-state index contributed by atoms with van der Waals surface area (Å²) < 4.78 is 0. The maximum Gasteiger partial charge on any atom is 0.275 e. The molecule has 1 aromatic heterocycles. The third-order valence-corrected chi connectivity index (χ3v) is 4.27. The molecule has 2 N–H and O–H groups in total. The average molecular weight is 302 g/mol. The number of β-amino-alcohol motifs (C(OH)–C–C–N with tert-alkyl or cyclic N) is 1. The van der Waals surface area contributed by atoms with Gasteiger partial charge in [-0.3, -0.25) is 14.8 Å². The molecule has 2 heterocycles. The summed E-state index contributed by atoms with van der Waals surface area (Å²) in [6, 6.07) is 7.68. The summed E-state index contributed by atoms with van der Waals surface area (Å²) in [5.41, 5.74) is 1.38. The van der Waals surface area contributed by atoms with Gasteiger partial charge >= 0.3 is 0 Å². The standard InChI is InChI=1S/C16H22N4O2/c1-2-12(21)11-19-7-9-20(10-8-19)16(22)15-13-5-3-4-6-14(13)17-18-15/h3-6,12,21H,2,7-11H2,1H3,(H,17,18)/t12-/m0/s1. The average Bonchev–Trinajstić information content (AvgIpc) is 2.99. The van der Waals surface area contributed by atoms with E-state index in [1.807, 2.05) is 36.1 Å². The van der Waals surface area contributed by atoms with Crippen LogP contribution >= 0.6 is 0 Å². The lowest BCUT2D eigenvalue weighted by atomic mass is 10.2. The molecule has 2 aromatic rings. The molecular weight excluding hydrogens is 280 g/mol. The molecule has 1 aliphatic heterocycles. The predicted molar refractivity (Wildman–Crippen MR) is 84.7 cm³/mol. The first kappa shape index (κ1) is 15.0. The number of rotatable bonds is 4. The van der Waals surface area contributed by atoms with Gasteiger partial charge in [0.05, 0.1) is 11.6 Å². The van der Waals surface area contributed by atoms with Crippen molar-refractivity contribution in [1.29, 1.82) is 0 Å². The van der Waals surface area contributed by atoms with E-state index in [4.69, 9.17) is 0 Å². The highest BCUT2D eigenvalue weighted by Gasteiger charge is 2.25. The van der Waals surface area contributed by atoms with Gasteiger partial charge in [0.2, 0.25) is 0 Å². The predicted octanol–water partition coefficient (Wildman–Crippen LogP) is 1.09. The third kappa shape index (κ3) is 2.98. The molecule has 0 radical (unpaired) electrons. The van der Waals surface area contributed by atoms with Crippen molar-refractivity contribution in [2.45, 2.75) is 19.4 Å². The number of para-hydroxylation sites is 1. The van der Waals surface area contributed by atoms with Gasteiger partial charge in [0.25, 0.3) is 5.91 Å². The minimum absolute atomic E-state index is 0.0202. The minimum atomic E-state index is -0.280. The van der Waals surface area contributed by atoms with Crippen LogP contribution < -0.4 is 0 Å². The summed E-state index contributed by atoms with van der Waals surface area (Å²) in [5.74, 6) is -0.0202. The fourth-order valence-electron chi connectivity index (χ4n) is 2.84. The number of amides is 1. The number of carbonyl (C=O) groups excluding carboxylic acids is 1. The zero-order valence-electron chi connectivity index (χ0n) is 12.8. The maximum atomic E-state index is 12.6. The number of aromatic nitrogens is 2. The van der Waals surface area contributed by atoms with Crippen LogP contribution in [0.3, 0.4) is 0 Å². The zero-order valence-corrected chi connectivity index (χ0v) is 12.8. The summed E-state index contributed by atoms with van der Waals surface area (Å²) >= 11 is 0. The van der Waals surface area contributed by atoms with Gasteiger partial charge in [-0.25, -0.2) is 0 Å². The molecule has 1 fully saturated rings. The van der Waals surface area contributed by atoms with Crippen LogP contribution in [0.5, 0.6) is 0 Å². The number of H-pyrrole nitrogens is 1. The molecule has 0 unspecified atom stereocenters. The number of nitrogens with one attached hydrogen (secondary N) is 1. The van der Waals surface area contributed by atoms with E-state index in [-0.39, 0.29) is 12.0 Å². The molecule has 0 spiro atoms. The number of benzene rings is 1. The van der Waals surface area contributed by atoms with Crippen LogP contribution in [0.15, 0.2) is 24.3 Å². The molecule has 1 amide bonds. The molecule has 1 aromatic carbocycles. The number of piperazine rings is 1. The van der Waals surface area contributed by atoms with Crippen molar-refractivity contribution < 1.29 is 9.90 Å². The largest absolute Gasteiger partial charge is 0.392 e. The summed E-state index contributed by atoms with van der Waals surface area (Å²) in [4.78, 5) is 16.7. The zero-order chi connectivity index (χ0) is 15.5. The summed E-state index contributed by atoms with van der Waals surface area (Å²) in [6.07, 6.45) is 0.482. The lowest BCUT2D eigenvalue weighted by Gasteiger charge is -2.35. The van der Waals surface area contributed by atoms with Gasteiger partial charge in [-0.05, 0) is 12.5 Å². The van der Waals surface area contributed by atoms with E-state index in [0.29, 0.717) is 25.3 Å². The topological polar surface area (TPSA) is 72.5 Å². The van der Waals surface area contributed by atoms with Gasteiger partial charge in [-0.15, -0.1) is 0 Å². The lowest BCUT2D eigenvalue weighted by molar-refractivity contribution is 0.0521. The second-order valence-electron chi connectivity index (χ2n) is 5.77. The van der Waals surface area contributed by atoms with Gasteiger partial charge in [-0.2, -0.15) is 5.10 Å². The molecule has 1 saturated heterocycles. The molecule has 0 bridgehead atoms. The van der Waals surface area contributed by atoms with Crippen LogP contribution in [-0.4, -0.2) is 69.8 Å². The summed E-state index contributed by atoms with van der Waals surface area (Å²) in [6.45, 7) is 5.61. The molecular formula is C16H22N4O2. The van der Waals surface area contributed by atoms with E-state index in [1.165, 1.54) is 0 Å². The Kier molecular flexibility index (Phi) is 4.40. The molecule has 1 atom stereocenters. The van der Waals surface area contributed by atoms with Crippen LogP contribution in [0, 0.1) is 0 Å². The summed E-state index contributed by atoms with van der Waals surface area (Å²) in [7, 11) is 0. The Labute approximate surface area is 129 Å². The monoisotopic (exact) mass is 302 g/mol. The van der Waals surface area contributed by atoms with Crippen molar-refractivity contribution >= 4 is 16.8 Å². The fourth-order valence-corrected chi connectivity index (χ4v) is 2.84. The molecule has 22 heavy (non-hydrogen) atoms. The molecule has 118 valence electrons. The first-order valence-electron chi connectivity index (χ1n) is 7.82. The van der Waals surface area contributed by atoms with E-state index in [1.54, 1.807) is 0 Å². The first-order valence-corrected chi connectivity index (χ1v) is 7.82. The maximum absolute atomic E-state index is 12.6. The Hall–Kier alpha value is -1.92. The first-order chi connectivity index (χ1) is 10.7. The van der Waals surface area contributed by atoms with E-state index >= 15 is 0 Å². The number of aromatic amines is 1. The highest BCUT2D eigenvalue weighted by Crippen LogP contribution is 2.17. The van der Waals surface area contributed by atoms with Crippen LogP contribution in [0.25, 0.3) is 10.9 Å². The van der Waals surface area contributed by atoms with Gasteiger partial charge in [0.15, 0.2) is 5.69 Å². The normalized spacial score (nSPS) is 17.8. The SMILES string of the molecule is CC[C@H](O)CN1CCN(C(=O)c2n[nH]c3ccccc23)CC1. The van der Waals surface area contributed by atoms with Crippen molar-refractivity contribution in [3.63, 3.8) is 0 Å². The fraction of sp³-hybridized carbons (Fsp3) is 0.500. The Bertz CT molecular complexity index is 646. The Morgan fingerprint density at radius 1 is 1.32 bits per heavy atom. The van der Waals surface area contributed by atoms with Crippen LogP contribution in [0.2, 0.25) is 0 Å². The molecule has 0 aliphatic carbocycles. The molecule has 6 nitrogen and oxygen atoms in total. The minimum Gasteiger partial charge on any atom is -0.392 e. The third-order valence-electron chi connectivity index (χ3n) is 4.27. The highest BCUT2D eigenvalue weighted by molar-refractivity contribution is 6.04. The number of carbonyl (C=O) groups is 1.